The number of oxazole rings is 1. The largest absolute Gasteiger partial charge is 0.436 e. The molecule has 1 saturated heterocycles. The number of fused-ring (bicyclic) bond motifs is 1. The second kappa shape index (κ2) is 7.84. The fourth-order valence-corrected chi connectivity index (χ4v) is 3.82. The van der Waals surface area contributed by atoms with Crippen LogP contribution in [0.4, 0.5) is 5.82 Å². The van der Waals surface area contributed by atoms with Crippen LogP contribution in [0.15, 0.2) is 41.2 Å². The van der Waals surface area contributed by atoms with Gasteiger partial charge in [0.1, 0.15) is 11.3 Å². The molecule has 3 aromatic heterocycles. The summed E-state index contributed by atoms with van der Waals surface area (Å²) in [5, 5.41) is 0. The number of nitrogens with zero attached hydrogens (tertiary/aromatic N) is 4. The molecule has 3 aromatic rings. The van der Waals surface area contributed by atoms with Crippen LogP contribution < -0.4 is 4.90 Å². The molecule has 0 saturated carbocycles. The van der Waals surface area contributed by atoms with E-state index in [0.29, 0.717) is 17.4 Å². The van der Waals surface area contributed by atoms with Crippen LogP contribution >= 0.6 is 0 Å². The summed E-state index contributed by atoms with van der Waals surface area (Å²) < 4.78 is 32.7. The molecule has 148 valence electrons. The van der Waals surface area contributed by atoms with Crippen molar-refractivity contribution in [2.75, 3.05) is 30.9 Å². The lowest BCUT2D eigenvalue weighted by Gasteiger charge is -2.32. The van der Waals surface area contributed by atoms with Crippen LogP contribution in [-0.2, 0) is 14.3 Å². The first kappa shape index (κ1) is 18.8. The summed E-state index contributed by atoms with van der Waals surface area (Å²) in [4.78, 5) is 15.3. The Kier molecular flexibility index (Phi) is 5.27. The molecule has 4 heterocycles. The van der Waals surface area contributed by atoms with E-state index in [4.69, 9.17) is 8.60 Å². The molecule has 0 aromatic carbocycles. The minimum absolute atomic E-state index is 0.260. The third-order valence-electron chi connectivity index (χ3n) is 4.95. The predicted molar refractivity (Wildman–Crippen MR) is 105 cm³/mol. The molecule has 0 unspecified atom stereocenters. The van der Waals surface area contributed by atoms with E-state index in [1.165, 1.54) is 0 Å². The van der Waals surface area contributed by atoms with Gasteiger partial charge in [-0.1, -0.05) is 0 Å². The van der Waals surface area contributed by atoms with Gasteiger partial charge in [-0.15, -0.1) is 0 Å². The summed E-state index contributed by atoms with van der Waals surface area (Å²) in [6.07, 6.45) is 8.97. The number of aromatic nitrogens is 3. The number of piperidine rings is 1. The maximum Gasteiger partial charge on any atom is 0.264 e. The van der Waals surface area contributed by atoms with Crippen molar-refractivity contribution in [1.29, 1.82) is 0 Å². The second-order valence-electron chi connectivity index (χ2n) is 7.01. The number of pyridine rings is 2. The van der Waals surface area contributed by atoms with E-state index in [9.17, 15) is 8.42 Å². The fraction of sp³-hybridized carbons (Fsp3) is 0.421. The van der Waals surface area contributed by atoms with Crippen LogP contribution in [0.2, 0.25) is 0 Å². The van der Waals surface area contributed by atoms with Gasteiger partial charge < -0.3 is 9.32 Å². The Morgan fingerprint density at radius 3 is 2.71 bits per heavy atom. The van der Waals surface area contributed by atoms with Crippen molar-refractivity contribution in [3.05, 3.63) is 36.8 Å². The van der Waals surface area contributed by atoms with E-state index in [1.54, 1.807) is 24.7 Å². The van der Waals surface area contributed by atoms with Crippen molar-refractivity contribution >= 4 is 27.0 Å². The highest BCUT2D eigenvalue weighted by Gasteiger charge is 2.21. The monoisotopic (exact) mass is 402 g/mol. The Hall–Kier alpha value is -2.52. The van der Waals surface area contributed by atoms with Crippen molar-refractivity contribution < 1.29 is 17.0 Å². The van der Waals surface area contributed by atoms with Crippen LogP contribution in [0.25, 0.3) is 22.6 Å². The van der Waals surface area contributed by atoms with Crippen LogP contribution in [0.3, 0.4) is 0 Å². The molecular formula is C19H22N4O4S. The Morgan fingerprint density at radius 1 is 1.21 bits per heavy atom. The van der Waals surface area contributed by atoms with Gasteiger partial charge in [0.05, 0.1) is 24.6 Å². The van der Waals surface area contributed by atoms with Crippen molar-refractivity contribution in [3.8, 4) is 11.5 Å². The lowest BCUT2D eigenvalue weighted by atomic mass is 9.94. The third kappa shape index (κ3) is 4.48. The highest BCUT2D eigenvalue weighted by atomic mass is 32.2. The van der Waals surface area contributed by atoms with Gasteiger partial charge in [-0.2, -0.15) is 8.42 Å². The van der Waals surface area contributed by atoms with Gasteiger partial charge in [0.2, 0.25) is 5.89 Å². The van der Waals surface area contributed by atoms with Crippen LogP contribution in [0.5, 0.6) is 0 Å². The Labute approximate surface area is 163 Å². The molecule has 1 fully saturated rings. The SMILES string of the molecule is CS(=O)(=O)OCCC1CCN(c2ccc(-c3nc4cnccc4o3)cn2)CC1. The zero-order valence-corrected chi connectivity index (χ0v) is 16.4. The van der Waals surface area contributed by atoms with Gasteiger partial charge in [-0.05, 0) is 37.3 Å². The first-order valence-corrected chi connectivity index (χ1v) is 11.1. The topological polar surface area (TPSA) is 98.4 Å². The number of hydrogen-bond acceptors (Lipinski definition) is 8. The second-order valence-corrected chi connectivity index (χ2v) is 8.66. The molecule has 1 aliphatic heterocycles. The molecule has 1 aliphatic rings. The van der Waals surface area contributed by atoms with Crippen molar-refractivity contribution in [1.82, 2.24) is 15.0 Å². The standard InChI is InChI=1S/C19H22N4O4S/c1-28(24,25)26-11-7-14-5-9-23(10-6-14)18-3-2-15(12-21-18)19-22-16-13-20-8-4-17(16)27-19/h2-4,8,12-14H,5-7,9-11H2,1H3. The summed E-state index contributed by atoms with van der Waals surface area (Å²) >= 11 is 0. The van der Waals surface area contributed by atoms with Crippen LogP contribution in [0.1, 0.15) is 19.3 Å². The first-order chi connectivity index (χ1) is 13.5. The van der Waals surface area contributed by atoms with E-state index in [1.807, 2.05) is 12.1 Å². The molecule has 9 heteroatoms. The smallest absolute Gasteiger partial charge is 0.264 e. The van der Waals surface area contributed by atoms with Gasteiger partial charge in [0.25, 0.3) is 10.1 Å². The van der Waals surface area contributed by atoms with E-state index in [0.717, 1.165) is 55.5 Å². The Balaban J connectivity index is 1.34. The van der Waals surface area contributed by atoms with E-state index >= 15 is 0 Å². The Bertz CT molecular complexity index is 1010. The maximum absolute atomic E-state index is 11.0. The molecule has 0 spiro atoms. The molecule has 4 rings (SSSR count). The highest BCUT2D eigenvalue weighted by Crippen LogP contribution is 2.27. The van der Waals surface area contributed by atoms with Crippen LogP contribution in [-0.4, -0.2) is 49.3 Å². The minimum Gasteiger partial charge on any atom is -0.436 e. The molecule has 0 atom stereocenters. The molecule has 0 N–H and O–H groups in total. The summed E-state index contributed by atoms with van der Waals surface area (Å²) in [6, 6.07) is 5.74. The lowest BCUT2D eigenvalue weighted by molar-refractivity contribution is 0.264. The minimum atomic E-state index is -3.35. The molecular weight excluding hydrogens is 380 g/mol. The summed E-state index contributed by atoms with van der Waals surface area (Å²) in [6.45, 7) is 2.05. The molecule has 0 aliphatic carbocycles. The molecule has 8 nitrogen and oxygen atoms in total. The maximum atomic E-state index is 11.0. The van der Waals surface area contributed by atoms with Gasteiger partial charge in [-0.3, -0.25) is 9.17 Å². The zero-order valence-electron chi connectivity index (χ0n) is 15.6. The highest BCUT2D eigenvalue weighted by molar-refractivity contribution is 7.85. The average molecular weight is 402 g/mol. The zero-order chi connectivity index (χ0) is 19.6. The van der Waals surface area contributed by atoms with Gasteiger partial charge in [0, 0.05) is 31.5 Å². The quantitative estimate of drug-likeness (QED) is 0.581. The van der Waals surface area contributed by atoms with E-state index in [-0.39, 0.29) is 6.61 Å². The third-order valence-corrected chi connectivity index (χ3v) is 5.54. The molecule has 0 bridgehead atoms. The molecule has 0 amide bonds. The van der Waals surface area contributed by atoms with Crippen molar-refractivity contribution in [3.63, 3.8) is 0 Å². The average Bonchev–Trinajstić information content (AvgIpc) is 3.12. The molecule has 0 radical (unpaired) electrons. The predicted octanol–water partition coefficient (Wildman–Crippen LogP) is 2.87. The van der Waals surface area contributed by atoms with E-state index < -0.39 is 10.1 Å². The number of rotatable bonds is 6. The fourth-order valence-electron chi connectivity index (χ4n) is 3.42. The summed E-state index contributed by atoms with van der Waals surface area (Å²) in [7, 11) is -3.35. The van der Waals surface area contributed by atoms with Gasteiger partial charge in [0.15, 0.2) is 5.58 Å². The number of anilines is 1. The van der Waals surface area contributed by atoms with Crippen molar-refractivity contribution in [2.24, 2.45) is 5.92 Å². The van der Waals surface area contributed by atoms with Crippen LogP contribution in [0, 0.1) is 5.92 Å². The number of hydrogen-bond donors (Lipinski definition) is 0. The summed E-state index contributed by atoms with van der Waals surface area (Å²) in [5.41, 5.74) is 2.26. The normalized spacial score (nSPS) is 16.0. The van der Waals surface area contributed by atoms with Gasteiger partial charge >= 0.3 is 0 Å². The summed E-state index contributed by atoms with van der Waals surface area (Å²) in [5.74, 6) is 1.93. The first-order valence-electron chi connectivity index (χ1n) is 9.24. The van der Waals surface area contributed by atoms with Crippen molar-refractivity contribution in [2.45, 2.75) is 19.3 Å². The Morgan fingerprint density at radius 2 is 2.04 bits per heavy atom. The molecule has 28 heavy (non-hydrogen) atoms. The van der Waals surface area contributed by atoms with Gasteiger partial charge in [-0.25, -0.2) is 9.97 Å². The van der Waals surface area contributed by atoms with E-state index in [2.05, 4.69) is 19.9 Å². The lowest BCUT2D eigenvalue weighted by Crippen LogP contribution is -2.34.